The number of halogens is 1. The van der Waals surface area contributed by atoms with E-state index in [2.05, 4.69) is 30.7 Å². The second-order valence-corrected chi connectivity index (χ2v) is 3.91. The van der Waals surface area contributed by atoms with Crippen molar-refractivity contribution in [2.24, 2.45) is 5.92 Å². The highest BCUT2D eigenvalue weighted by molar-refractivity contribution is 6.31. The summed E-state index contributed by atoms with van der Waals surface area (Å²) in [5, 5.41) is 3.96. The van der Waals surface area contributed by atoms with Crippen LogP contribution in [0.4, 0.5) is 0 Å². The van der Waals surface area contributed by atoms with Crippen LogP contribution in [0.2, 0.25) is 5.02 Å². The van der Waals surface area contributed by atoms with Gasteiger partial charge in [0.05, 0.1) is 0 Å². The van der Waals surface area contributed by atoms with Crippen LogP contribution in [0.3, 0.4) is 0 Å². The summed E-state index contributed by atoms with van der Waals surface area (Å²) < 4.78 is 0. The van der Waals surface area contributed by atoms with Crippen LogP contribution >= 0.6 is 11.6 Å². The van der Waals surface area contributed by atoms with Crippen molar-refractivity contribution in [3.05, 3.63) is 41.3 Å². The van der Waals surface area contributed by atoms with E-state index in [1.165, 1.54) is 0 Å². The number of rotatable bonds is 4. The van der Waals surface area contributed by atoms with Crippen LogP contribution in [0.15, 0.2) is 30.7 Å². The topological polar surface area (TPSA) is 24.9 Å². The van der Waals surface area contributed by atoms with Crippen molar-refractivity contribution in [1.82, 2.24) is 10.3 Å². The number of hydrogen-bond donors (Lipinski definition) is 1. The predicted molar refractivity (Wildman–Crippen MR) is 60.1 cm³/mol. The van der Waals surface area contributed by atoms with Gasteiger partial charge in [-0.3, -0.25) is 4.98 Å². The Kier molecular flexibility index (Phi) is 3.96. The molecule has 2 nitrogen and oxygen atoms in total. The van der Waals surface area contributed by atoms with Crippen molar-refractivity contribution in [2.75, 3.05) is 0 Å². The summed E-state index contributed by atoms with van der Waals surface area (Å²) in [7, 11) is 0. The molecule has 0 fully saturated rings. The third-order valence-electron chi connectivity index (χ3n) is 2.05. The lowest BCUT2D eigenvalue weighted by atomic mass is 10.1. The van der Waals surface area contributed by atoms with Crippen molar-refractivity contribution in [3.63, 3.8) is 0 Å². The lowest BCUT2D eigenvalue weighted by molar-refractivity contribution is 0.655. The third-order valence-corrected chi connectivity index (χ3v) is 2.42. The van der Waals surface area contributed by atoms with Crippen LogP contribution in [0, 0.1) is 5.92 Å². The van der Waals surface area contributed by atoms with Gasteiger partial charge in [-0.2, -0.15) is 0 Å². The first kappa shape index (κ1) is 11.1. The molecule has 0 aliphatic heterocycles. The van der Waals surface area contributed by atoms with E-state index in [1.54, 1.807) is 18.5 Å². The fourth-order valence-electron chi connectivity index (χ4n) is 0.953. The molecule has 0 aliphatic carbocycles. The Hall–Kier alpha value is -1.02. The van der Waals surface area contributed by atoms with Crippen LogP contribution in [0.1, 0.15) is 19.4 Å². The second kappa shape index (κ2) is 5.01. The Morgan fingerprint density at radius 2 is 2.36 bits per heavy atom. The number of pyridine rings is 1. The van der Waals surface area contributed by atoms with Crippen LogP contribution in [0.5, 0.6) is 0 Å². The van der Waals surface area contributed by atoms with Crippen molar-refractivity contribution < 1.29 is 0 Å². The Morgan fingerprint density at radius 3 is 2.93 bits per heavy atom. The lowest BCUT2D eigenvalue weighted by Gasteiger charge is -2.12. The van der Waals surface area contributed by atoms with Gasteiger partial charge in [0.15, 0.2) is 0 Å². The molecule has 0 spiro atoms. The van der Waals surface area contributed by atoms with Gasteiger partial charge < -0.3 is 5.32 Å². The quantitative estimate of drug-likeness (QED) is 0.827. The molecule has 0 aromatic carbocycles. The maximum Gasteiger partial charge on any atom is 0.0486 e. The highest BCUT2D eigenvalue weighted by Crippen LogP contribution is 2.14. The fourth-order valence-corrected chi connectivity index (χ4v) is 1.13. The second-order valence-electron chi connectivity index (χ2n) is 3.50. The van der Waals surface area contributed by atoms with E-state index in [0.29, 0.717) is 12.5 Å². The van der Waals surface area contributed by atoms with Gasteiger partial charge in [-0.15, -0.1) is 0 Å². The van der Waals surface area contributed by atoms with Crippen LogP contribution in [-0.2, 0) is 6.54 Å². The summed E-state index contributed by atoms with van der Waals surface area (Å²) in [6.45, 7) is 8.80. The summed E-state index contributed by atoms with van der Waals surface area (Å²) in [6.07, 6.45) is 3.45. The molecular formula is C11H15ClN2. The lowest BCUT2D eigenvalue weighted by Crippen LogP contribution is -2.16. The molecule has 1 rings (SSSR count). The molecule has 14 heavy (non-hydrogen) atoms. The third kappa shape index (κ3) is 3.04. The SMILES string of the molecule is C=C(NCc1cnccc1Cl)C(C)C. The van der Waals surface area contributed by atoms with Crippen molar-refractivity contribution in [2.45, 2.75) is 20.4 Å². The molecular weight excluding hydrogens is 196 g/mol. The minimum Gasteiger partial charge on any atom is -0.384 e. The summed E-state index contributed by atoms with van der Waals surface area (Å²) in [5.74, 6) is 0.436. The molecule has 0 aliphatic rings. The summed E-state index contributed by atoms with van der Waals surface area (Å²) >= 11 is 5.98. The molecule has 0 bridgehead atoms. The zero-order valence-corrected chi connectivity index (χ0v) is 9.30. The van der Waals surface area contributed by atoms with Gasteiger partial charge in [-0.05, 0) is 12.0 Å². The standard InChI is InChI=1S/C11H15ClN2/c1-8(2)9(3)14-7-10-6-13-5-4-11(10)12/h4-6,8,14H,3,7H2,1-2H3. The fraction of sp³-hybridized carbons (Fsp3) is 0.364. The number of aromatic nitrogens is 1. The molecule has 0 atom stereocenters. The van der Waals surface area contributed by atoms with Gasteiger partial charge in [0.2, 0.25) is 0 Å². The Labute approximate surface area is 90.0 Å². The first-order chi connectivity index (χ1) is 6.61. The molecule has 0 unspecified atom stereocenters. The Morgan fingerprint density at radius 1 is 1.64 bits per heavy atom. The molecule has 0 saturated heterocycles. The molecule has 1 aromatic heterocycles. The van der Waals surface area contributed by atoms with E-state index >= 15 is 0 Å². The molecule has 0 amide bonds. The van der Waals surface area contributed by atoms with Gasteiger partial charge in [-0.1, -0.05) is 32.0 Å². The predicted octanol–water partition coefficient (Wildman–Crippen LogP) is 2.99. The molecule has 76 valence electrons. The van der Waals surface area contributed by atoms with E-state index in [4.69, 9.17) is 11.6 Å². The largest absolute Gasteiger partial charge is 0.384 e. The first-order valence-corrected chi connectivity index (χ1v) is 5.00. The zero-order chi connectivity index (χ0) is 10.6. The van der Waals surface area contributed by atoms with Crippen molar-refractivity contribution >= 4 is 11.6 Å². The van der Waals surface area contributed by atoms with Crippen LogP contribution in [0.25, 0.3) is 0 Å². The number of allylic oxidation sites excluding steroid dienone is 1. The van der Waals surface area contributed by atoms with E-state index in [0.717, 1.165) is 16.3 Å². The van der Waals surface area contributed by atoms with Crippen molar-refractivity contribution in [1.29, 1.82) is 0 Å². The van der Waals surface area contributed by atoms with Gasteiger partial charge in [0.1, 0.15) is 0 Å². The van der Waals surface area contributed by atoms with Crippen LogP contribution in [-0.4, -0.2) is 4.98 Å². The molecule has 0 radical (unpaired) electrons. The van der Waals surface area contributed by atoms with Gasteiger partial charge in [0.25, 0.3) is 0 Å². The highest BCUT2D eigenvalue weighted by Gasteiger charge is 2.02. The molecule has 1 N–H and O–H groups in total. The number of nitrogens with zero attached hydrogens (tertiary/aromatic N) is 1. The van der Waals surface area contributed by atoms with E-state index in [9.17, 15) is 0 Å². The van der Waals surface area contributed by atoms with E-state index in [-0.39, 0.29) is 0 Å². The van der Waals surface area contributed by atoms with Gasteiger partial charge >= 0.3 is 0 Å². The van der Waals surface area contributed by atoms with Gasteiger partial charge in [-0.25, -0.2) is 0 Å². The maximum absolute atomic E-state index is 5.98. The molecule has 1 heterocycles. The summed E-state index contributed by atoms with van der Waals surface area (Å²) in [6, 6.07) is 1.79. The molecule has 1 aromatic rings. The zero-order valence-electron chi connectivity index (χ0n) is 8.55. The molecule has 0 saturated carbocycles. The normalized spacial score (nSPS) is 10.3. The van der Waals surface area contributed by atoms with Crippen LogP contribution < -0.4 is 5.32 Å². The Balaban J connectivity index is 2.54. The van der Waals surface area contributed by atoms with E-state index in [1.807, 2.05) is 0 Å². The summed E-state index contributed by atoms with van der Waals surface area (Å²) in [5.41, 5.74) is 2.01. The molecule has 3 heteroatoms. The Bertz CT molecular complexity index is 321. The maximum atomic E-state index is 5.98. The minimum absolute atomic E-state index is 0.436. The highest BCUT2D eigenvalue weighted by atomic mass is 35.5. The minimum atomic E-state index is 0.436. The monoisotopic (exact) mass is 210 g/mol. The number of nitrogens with one attached hydrogen (secondary N) is 1. The van der Waals surface area contributed by atoms with Crippen molar-refractivity contribution in [3.8, 4) is 0 Å². The van der Waals surface area contributed by atoms with Gasteiger partial charge in [0, 0.05) is 35.2 Å². The smallest absolute Gasteiger partial charge is 0.0486 e. The number of hydrogen-bond acceptors (Lipinski definition) is 2. The average molecular weight is 211 g/mol. The first-order valence-electron chi connectivity index (χ1n) is 4.62. The summed E-state index contributed by atoms with van der Waals surface area (Å²) in [4.78, 5) is 4.01. The average Bonchev–Trinajstić information content (AvgIpc) is 2.16. The van der Waals surface area contributed by atoms with E-state index < -0.39 is 0 Å².